The van der Waals surface area contributed by atoms with E-state index >= 15 is 4.39 Å². The Labute approximate surface area is 203 Å². The Kier molecular flexibility index (Phi) is 4.23. The quantitative estimate of drug-likeness (QED) is 0.333. The summed E-state index contributed by atoms with van der Waals surface area (Å²) in [6.45, 7) is 0.546. The third kappa shape index (κ3) is 2.70. The summed E-state index contributed by atoms with van der Waals surface area (Å²) in [5.41, 5.74) is 6.19. The lowest BCUT2D eigenvalue weighted by atomic mass is 9.99. The van der Waals surface area contributed by atoms with Gasteiger partial charge in [0.15, 0.2) is 17.3 Å². The molecule has 7 nitrogen and oxygen atoms in total. The lowest BCUT2D eigenvalue weighted by Crippen LogP contribution is -2.37. The third-order valence-electron chi connectivity index (χ3n) is 7.31. The summed E-state index contributed by atoms with van der Waals surface area (Å²) in [5.74, 6) is -1.41. The molecule has 0 saturated carbocycles. The molecule has 0 spiro atoms. The van der Waals surface area contributed by atoms with Crippen LogP contribution in [0.3, 0.4) is 0 Å². The number of fused-ring (bicyclic) bond motifs is 6. The van der Waals surface area contributed by atoms with E-state index in [-0.39, 0.29) is 16.8 Å². The van der Waals surface area contributed by atoms with E-state index < -0.39 is 28.9 Å². The number of carbonyl (C=O) groups is 1. The maximum Gasteiger partial charge on any atom is 0.341 e. The van der Waals surface area contributed by atoms with E-state index in [1.807, 2.05) is 48.5 Å². The molecule has 3 heterocycles. The molecule has 0 radical (unpaired) electrons. The number of aromatic carboxylic acids is 1. The van der Waals surface area contributed by atoms with Crippen LogP contribution in [0.1, 0.15) is 23.2 Å². The van der Waals surface area contributed by atoms with Crippen molar-refractivity contribution in [2.45, 2.75) is 19.0 Å². The number of carboxylic acid groups (broad SMARTS) is 1. The van der Waals surface area contributed by atoms with E-state index in [1.54, 1.807) is 9.47 Å². The van der Waals surface area contributed by atoms with Gasteiger partial charge in [-0.1, -0.05) is 36.4 Å². The second-order valence-electron chi connectivity index (χ2n) is 9.28. The van der Waals surface area contributed by atoms with E-state index in [0.29, 0.717) is 29.9 Å². The van der Waals surface area contributed by atoms with Gasteiger partial charge in [-0.25, -0.2) is 9.18 Å². The van der Waals surface area contributed by atoms with Crippen molar-refractivity contribution in [3.05, 3.63) is 82.4 Å². The summed E-state index contributed by atoms with van der Waals surface area (Å²) in [5, 5.41) is 13.5. The van der Waals surface area contributed by atoms with Crippen LogP contribution in [-0.4, -0.2) is 28.4 Å². The van der Waals surface area contributed by atoms with Crippen LogP contribution >= 0.6 is 0 Å². The smallest absolute Gasteiger partial charge is 0.341 e. The molecule has 1 unspecified atom stereocenters. The number of halogens is 1. The zero-order valence-corrected chi connectivity index (χ0v) is 19.0. The molecule has 7 rings (SSSR count). The van der Waals surface area contributed by atoms with Crippen LogP contribution in [0.15, 0.2) is 65.6 Å². The van der Waals surface area contributed by atoms with Crippen LogP contribution in [0, 0.1) is 5.82 Å². The van der Waals surface area contributed by atoms with Gasteiger partial charge in [0.1, 0.15) is 16.8 Å². The predicted molar refractivity (Wildman–Crippen MR) is 136 cm³/mol. The zero-order chi connectivity index (χ0) is 24.7. The van der Waals surface area contributed by atoms with Gasteiger partial charge in [-0.05, 0) is 47.2 Å². The predicted octanol–water partition coefficient (Wildman–Crippen LogP) is 5.13. The number of rotatable bonds is 2. The summed E-state index contributed by atoms with van der Waals surface area (Å²) in [7, 11) is 0. The van der Waals surface area contributed by atoms with E-state index in [9.17, 15) is 14.7 Å². The first kappa shape index (κ1) is 20.9. The molecule has 0 amide bonds. The second kappa shape index (κ2) is 7.29. The fourth-order valence-corrected chi connectivity index (χ4v) is 5.64. The average molecular weight is 481 g/mol. The first-order valence-electron chi connectivity index (χ1n) is 11.7. The molecule has 2 aliphatic heterocycles. The molecule has 4 aromatic carbocycles. The summed E-state index contributed by atoms with van der Waals surface area (Å²) in [4.78, 5) is 26.8. The van der Waals surface area contributed by atoms with Gasteiger partial charge in [-0.15, -0.1) is 0 Å². The Morgan fingerprint density at radius 1 is 1.03 bits per heavy atom. The minimum atomic E-state index is -1.38. The van der Waals surface area contributed by atoms with Crippen LogP contribution in [0.4, 0.5) is 10.1 Å². The van der Waals surface area contributed by atoms with Crippen molar-refractivity contribution in [1.82, 2.24) is 4.57 Å². The fourth-order valence-electron chi connectivity index (χ4n) is 5.64. The monoisotopic (exact) mass is 481 g/mol. The molecule has 2 aliphatic rings. The average Bonchev–Trinajstić information content (AvgIpc) is 3.30. The van der Waals surface area contributed by atoms with Crippen molar-refractivity contribution >= 4 is 44.1 Å². The van der Waals surface area contributed by atoms with Crippen molar-refractivity contribution in [3.8, 4) is 17.2 Å². The third-order valence-corrected chi connectivity index (χ3v) is 7.31. The molecule has 0 aliphatic carbocycles. The van der Waals surface area contributed by atoms with Crippen LogP contribution in [0.2, 0.25) is 0 Å². The van der Waals surface area contributed by atoms with Crippen LogP contribution in [0.5, 0.6) is 11.5 Å². The van der Waals surface area contributed by atoms with Gasteiger partial charge < -0.3 is 25.0 Å². The van der Waals surface area contributed by atoms with E-state index in [2.05, 4.69) is 0 Å². The fraction of sp³-hybridized carbons (Fsp3) is 0.143. The number of anilines is 1. The number of ether oxygens (including phenoxy) is 1. The van der Waals surface area contributed by atoms with Crippen molar-refractivity contribution in [3.63, 3.8) is 0 Å². The molecule has 178 valence electrons. The maximum absolute atomic E-state index is 15.7. The first-order chi connectivity index (χ1) is 17.4. The molecule has 1 saturated heterocycles. The minimum Gasteiger partial charge on any atom is -0.477 e. The lowest BCUT2D eigenvalue weighted by Gasteiger charge is -2.31. The number of benzene rings is 4. The molecule has 8 heteroatoms. The molecule has 1 atom stereocenters. The minimum absolute atomic E-state index is 0.0526. The lowest BCUT2D eigenvalue weighted by molar-refractivity contribution is 0.0695. The number of carboxylic acids is 1. The normalized spacial score (nSPS) is 16.5. The largest absolute Gasteiger partial charge is 0.477 e. The van der Waals surface area contributed by atoms with Gasteiger partial charge in [0.05, 0.1) is 17.2 Å². The molecular formula is C28H20FN3O4. The number of hydrogen-bond acceptors (Lipinski definition) is 5. The second-order valence-corrected chi connectivity index (χ2v) is 9.28. The van der Waals surface area contributed by atoms with E-state index in [1.165, 1.54) is 6.20 Å². The molecule has 3 N–H and O–H groups in total. The zero-order valence-electron chi connectivity index (χ0n) is 19.0. The van der Waals surface area contributed by atoms with Gasteiger partial charge >= 0.3 is 5.97 Å². The number of pyridine rings is 1. The van der Waals surface area contributed by atoms with Crippen LogP contribution in [-0.2, 0) is 0 Å². The first-order valence-corrected chi connectivity index (χ1v) is 11.7. The van der Waals surface area contributed by atoms with Crippen molar-refractivity contribution < 1.29 is 19.0 Å². The van der Waals surface area contributed by atoms with Crippen molar-refractivity contribution in [1.29, 1.82) is 0 Å². The van der Waals surface area contributed by atoms with Crippen LogP contribution < -0.4 is 20.8 Å². The van der Waals surface area contributed by atoms with Crippen molar-refractivity contribution in [2.75, 3.05) is 11.4 Å². The Hall–Kier alpha value is -4.43. The molecule has 5 aromatic rings. The van der Waals surface area contributed by atoms with Crippen molar-refractivity contribution in [2.24, 2.45) is 5.73 Å². The van der Waals surface area contributed by atoms with Gasteiger partial charge in [0.2, 0.25) is 5.43 Å². The van der Waals surface area contributed by atoms with E-state index in [4.69, 9.17) is 10.5 Å². The molecule has 1 aromatic heterocycles. The highest BCUT2D eigenvalue weighted by molar-refractivity contribution is 6.11. The maximum atomic E-state index is 15.7. The molecular weight excluding hydrogens is 461 g/mol. The Morgan fingerprint density at radius 2 is 1.83 bits per heavy atom. The molecule has 0 bridgehead atoms. The molecule has 1 fully saturated rings. The standard InChI is InChI=1S/C28H20FN3O4/c29-20-12-18-23-27(24(20)31-11-3-6-22(31)30)36-26-17-8-7-14-4-1-2-5-15(14)16(17)9-10-21(26)32(23)13-19(25(18)33)28(34)35/h1-2,4-5,7-10,12-13,22H,3,6,11,30H2,(H,34,35). The van der Waals surface area contributed by atoms with Gasteiger partial charge in [0, 0.05) is 18.1 Å². The number of nitrogens with two attached hydrogens (primary N) is 1. The summed E-state index contributed by atoms with van der Waals surface area (Å²) in [6, 6.07) is 16.8. The highest BCUT2D eigenvalue weighted by Gasteiger charge is 2.34. The number of hydrogen-bond donors (Lipinski definition) is 2. The van der Waals surface area contributed by atoms with E-state index in [0.717, 1.165) is 34.0 Å². The Bertz CT molecular complexity index is 1850. The SMILES string of the molecule is NC1CCCN1c1c(F)cc2c(=O)c(C(=O)O)cn3c2c1Oc1c-3ccc2c1ccc1ccccc12. The number of nitrogens with zero attached hydrogens (tertiary/aromatic N) is 2. The van der Waals surface area contributed by atoms with Crippen LogP contribution in [0.25, 0.3) is 38.1 Å². The van der Waals surface area contributed by atoms with Gasteiger partial charge in [0.25, 0.3) is 0 Å². The molecule has 36 heavy (non-hydrogen) atoms. The van der Waals surface area contributed by atoms with Gasteiger partial charge in [-0.2, -0.15) is 0 Å². The summed E-state index contributed by atoms with van der Waals surface area (Å²) < 4.78 is 23.8. The Morgan fingerprint density at radius 3 is 2.61 bits per heavy atom. The topological polar surface area (TPSA) is 97.8 Å². The Balaban J connectivity index is 1.63. The summed E-state index contributed by atoms with van der Waals surface area (Å²) in [6.07, 6.45) is 2.41. The summed E-state index contributed by atoms with van der Waals surface area (Å²) >= 11 is 0. The highest BCUT2D eigenvalue weighted by atomic mass is 19.1. The highest BCUT2D eigenvalue weighted by Crippen LogP contribution is 2.50. The number of aromatic nitrogens is 1. The van der Waals surface area contributed by atoms with Gasteiger partial charge in [-0.3, -0.25) is 4.79 Å².